The van der Waals surface area contributed by atoms with E-state index in [1.807, 2.05) is 4.90 Å². The van der Waals surface area contributed by atoms with Crippen LogP contribution in [0.25, 0.3) is 0 Å². The zero-order chi connectivity index (χ0) is 20.3. The van der Waals surface area contributed by atoms with Gasteiger partial charge in [0.1, 0.15) is 18.0 Å². The summed E-state index contributed by atoms with van der Waals surface area (Å²) in [5.74, 6) is -0.979. The molecule has 0 N–H and O–H groups in total. The Labute approximate surface area is 166 Å². The van der Waals surface area contributed by atoms with Gasteiger partial charge in [0.05, 0.1) is 11.6 Å². The predicted molar refractivity (Wildman–Crippen MR) is 98.8 cm³/mol. The molecule has 2 heterocycles. The zero-order valence-corrected chi connectivity index (χ0v) is 15.8. The molecule has 7 heteroatoms. The van der Waals surface area contributed by atoms with Crippen LogP contribution in [0.2, 0.25) is 0 Å². The molecule has 1 aromatic heterocycles. The third-order valence-corrected chi connectivity index (χ3v) is 6.48. The van der Waals surface area contributed by atoms with Gasteiger partial charge < -0.3 is 9.64 Å². The molecule has 2 aromatic rings. The van der Waals surface area contributed by atoms with Crippen molar-refractivity contribution in [2.24, 2.45) is 11.8 Å². The molecule has 1 unspecified atom stereocenters. The first-order chi connectivity index (χ1) is 14.0. The molecule has 3 atom stereocenters. The summed E-state index contributed by atoms with van der Waals surface area (Å²) < 4.78 is 32.4. The molecule has 1 aromatic carbocycles. The Morgan fingerprint density at radius 1 is 1.31 bits per heavy atom. The van der Waals surface area contributed by atoms with Crippen LogP contribution in [-0.2, 0) is 4.79 Å². The fourth-order valence-electron chi connectivity index (χ4n) is 5.01. The van der Waals surface area contributed by atoms with Crippen LogP contribution >= 0.6 is 0 Å². The number of nitrogens with zero attached hydrogens (tertiary/aromatic N) is 3. The number of hydrogen-bond acceptors (Lipinski definition) is 4. The molecular formula is C22H19F2N3O2. The number of pyridine rings is 1. The lowest BCUT2D eigenvalue weighted by Crippen LogP contribution is -2.47. The minimum atomic E-state index is -0.733. The Hall–Kier alpha value is -3.01. The number of amides is 1. The van der Waals surface area contributed by atoms with Crippen molar-refractivity contribution in [1.29, 1.82) is 5.26 Å². The lowest BCUT2D eigenvalue weighted by Gasteiger charge is -2.43. The van der Waals surface area contributed by atoms with Gasteiger partial charge in [0.25, 0.3) is 0 Å². The molecule has 2 fully saturated rings. The second-order valence-electron chi connectivity index (χ2n) is 8.22. The molecule has 5 nitrogen and oxygen atoms in total. The minimum absolute atomic E-state index is 0.0113. The van der Waals surface area contributed by atoms with Crippen molar-refractivity contribution < 1.29 is 18.3 Å². The third-order valence-electron chi connectivity index (χ3n) is 6.48. The Morgan fingerprint density at radius 2 is 2.10 bits per heavy atom. The summed E-state index contributed by atoms with van der Waals surface area (Å²) in [6.07, 6.45) is 4.14. The Balaban J connectivity index is 1.26. The fraction of sp³-hybridized carbons (Fsp3) is 0.409. The fourth-order valence-corrected chi connectivity index (χ4v) is 5.01. The summed E-state index contributed by atoms with van der Waals surface area (Å²) in [7, 11) is 0. The van der Waals surface area contributed by atoms with E-state index in [9.17, 15) is 18.8 Å². The van der Waals surface area contributed by atoms with Crippen LogP contribution in [0.5, 0.6) is 5.75 Å². The monoisotopic (exact) mass is 395 g/mol. The molecule has 0 radical (unpaired) electrons. The number of nitriles is 1. The summed E-state index contributed by atoms with van der Waals surface area (Å²) in [6, 6.07) is 5.42. The van der Waals surface area contributed by atoms with Gasteiger partial charge in [-0.3, -0.25) is 9.78 Å². The average molecular weight is 395 g/mol. The number of aromatic nitrogens is 1. The van der Waals surface area contributed by atoms with Crippen molar-refractivity contribution in [2.75, 3.05) is 6.54 Å². The summed E-state index contributed by atoms with van der Waals surface area (Å²) in [5, 5.41) is 9.35. The first-order valence-corrected chi connectivity index (χ1v) is 9.78. The quantitative estimate of drug-likeness (QED) is 0.795. The summed E-state index contributed by atoms with van der Waals surface area (Å²) in [4.78, 5) is 19.2. The van der Waals surface area contributed by atoms with Gasteiger partial charge in [-0.2, -0.15) is 5.26 Å². The second kappa shape index (κ2) is 6.51. The predicted octanol–water partition coefficient (Wildman–Crippen LogP) is 3.71. The van der Waals surface area contributed by atoms with Gasteiger partial charge in [-0.15, -0.1) is 0 Å². The van der Waals surface area contributed by atoms with Crippen LogP contribution in [0.1, 0.15) is 48.4 Å². The Bertz CT molecular complexity index is 1040. The molecule has 1 saturated heterocycles. The molecule has 148 valence electrons. The van der Waals surface area contributed by atoms with Crippen LogP contribution in [0.15, 0.2) is 30.6 Å². The number of halogens is 2. The van der Waals surface area contributed by atoms with E-state index < -0.39 is 11.6 Å². The van der Waals surface area contributed by atoms with Gasteiger partial charge in [0, 0.05) is 36.8 Å². The van der Waals surface area contributed by atoms with Crippen molar-refractivity contribution in [1.82, 2.24) is 9.88 Å². The van der Waals surface area contributed by atoms with E-state index in [0.29, 0.717) is 24.9 Å². The maximum Gasteiger partial charge on any atom is 0.226 e. The van der Waals surface area contributed by atoms with E-state index in [1.54, 1.807) is 12.4 Å². The van der Waals surface area contributed by atoms with Gasteiger partial charge in [0.15, 0.2) is 11.6 Å². The highest BCUT2D eigenvalue weighted by Crippen LogP contribution is 2.58. The van der Waals surface area contributed by atoms with Crippen molar-refractivity contribution in [2.45, 2.75) is 37.8 Å². The molecule has 5 rings (SSSR count). The molecule has 1 saturated carbocycles. The Kier molecular flexibility index (Phi) is 4.05. The lowest BCUT2D eigenvalue weighted by atomic mass is 9.69. The molecular weight excluding hydrogens is 376 g/mol. The van der Waals surface area contributed by atoms with E-state index >= 15 is 0 Å². The first kappa shape index (κ1) is 18.0. The van der Waals surface area contributed by atoms with Crippen LogP contribution in [-0.4, -0.2) is 28.4 Å². The third kappa shape index (κ3) is 2.70. The Morgan fingerprint density at radius 3 is 2.83 bits per heavy atom. The van der Waals surface area contributed by atoms with Gasteiger partial charge in [-0.1, -0.05) is 6.92 Å². The highest BCUT2D eigenvalue weighted by molar-refractivity contribution is 5.82. The van der Waals surface area contributed by atoms with Crippen LogP contribution in [0.4, 0.5) is 8.78 Å². The van der Waals surface area contributed by atoms with Gasteiger partial charge in [0.2, 0.25) is 5.91 Å². The average Bonchev–Trinajstić information content (AvgIpc) is 2.94. The van der Waals surface area contributed by atoms with Crippen LogP contribution in [0, 0.1) is 34.8 Å². The molecule has 0 bridgehead atoms. The minimum Gasteiger partial charge on any atom is -0.487 e. The number of carbonyl (C=O) groups excluding carboxylic acids is 1. The van der Waals surface area contributed by atoms with E-state index in [2.05, 4.69) is 18.0 Å². The molecule has 3 aliphatic rings. The van der Waals surface area contributed by atoms with E-state index in [1.165, 1.54) is 6.07 Å². The second-order valence-corrected chi connectivity index (χ2v) is 8.22. The van der Waals surface area contributed by atoms with Gasteiger partial charge >= 0.3 is 0 Å². The van der Waals surface area contributed by atoms with E-state index in [4.69, 9.17) is 4.74 Å². The number of ether oxygens (including phenoxy) is 1. The number of carbonyl (C=O) groups is 1. The number of likely N-dealkylation sites (tertiary alicyclic amines) is 1. The van der Waals surface area contributed by atoms with Crippen molar-refractivity contribution in [3.8, 4) is 11.8 Å². The standard InChI is InChI=1S/C22H19F2N3O2/c1-11-10-27(21-16-9-26-8-13(7-25)20(16)19(11)21)22(28)12-4-15(5-12)29-18-3-2-14(23)6-17(18)24/h2-3,6,8-9,11-12,15,19,21H,4-5,10H2,1H3/t11-,12-,15+,19?,21+/m0/s1. The van der Waals surface area contributed by atoms with Crippen molar-refractivity contribution in [3.05, 3.63) is 58.9 Å². The van der Waals surface area contributed by atoms with E-state index in [-0.39, 0.29) is 41.6 Å². The van der Waals surface area contributed by atoms with Gasteiger partial charge in [-0.25, -0.2) is 8.78 Å². The summed E-state index contributed by atoms with van der Waals surface area (Å²) in [6.45, 7) is 2.77. The van der Waals surface area contributed by atoms with Crippen molar-refractivity contribution in [3.63, 3.8) is 0 Å². The zero-order valence-electron chi connectivity index (χ0n) is 15.8. The van der Waals surface area contributed by atoms with Crippen molar-refractivity contribution >= 4 is 5.91 Å². The number of hydrogen-bond donors (Lipinski definition) is 0. The molecule has 29 heavy (non-hydrogen) atoms. The highest BCUT2D eigenvalue weighted by atomic mass is 19.1. The normalized spacial score (nSPS) is 29.2. The molecule has 1 aliphatic heterocycles. The van der Waals surface area contributed by atoms with E-state index in [0.717, 1.165) is 23.3 Å². The lowest BCUT2D eigenvalue weighted by molar-refractivity contribution is -0.143. The summed E-state index contributed by atoms with van der Waals surface area (Å²) >= 11 is 0. The number of benzene rings is 1. The number of rotatable bonds is 3. The molecule has 0 spiro atoms. The summed E-state index contributed by atoms with van der Waals surface area (Å²) in [5.41, 5.74) is 2.62. The molecule has 2 aliphatic carbocycles. The van der Waals surface area contributed by atoms with Crippen LogP contribution < -0.4 is 4.74 Å². The van der Waals surface area contributed by atoms with Gasteiger partial charge in [-0.05, 0) is 42.0 Å². The largest absolute Gasteiger partial charge is 0.487 e. The smallest absolute Gasteiger partial charge is 0.226 e. The maximum atomic E-state index is 13.8. The topological polar surface area (TPSA) is 66.2 Å². The number of fused-ring (bicyclic) bond motifs is 4. The highest BCUT2D eigenvalue weighted by Gasteiger charge is 2.54. The maximum absolute atomic E-state index is 13.8. The van der Waals surface area contributed by atoms with Crippen LogP contribution in [0.3, 0.4) is 0 Å². The SMILES string of the molecule is C[C@H]1CN(C(=O)[C@H]2C[C@@H](Oc3ccc(F)cc3F)C2)[C@@H]2c3cncc(C#N)c3C21. The first-order valence-electron chi connectivity index (χ1n) is 9.78. The molecule has 1 amide bonds.